The Balaban J connectivity index is 2.66. The molecule has 0 saturated carbocycles. The van der Waals surface area contributed by atoms with E-state index in [1.165, 1.54) is 0 Å². The van der Waals surface area contributed by atoms with Gasteiger partial charge in [0.05, 0.1) is 12.2 Å². The molecule has 100 valence electrons. The summed E-state index contributed by atoms with van der Waals surface area (Å²) in [7, 11) is 1.97. The van der Waals surface area contributed by atoms with Gasteiger partial charge in [0.15, 0.2) is 0 Å². The van der Waals surface area contributed by atoms with Gasteiger partial charge >= 0.3 is 5.97 Å². The summed E-state index contributed by atoms with van der Waals surface area (Å²) in [6, 6.07) is 9.96. The number of esters is 1. The van der Waals surface area contributed by atoms with Crippen LogP contribution in [-0.2, 0) is 11.8 Å². The molecule has 1 aromatic carbocycles. The molecule has 0 aliphatic carbocycles. The summed E-state index contributed by atoms with van der Waals surface area (Å²) in [5.74, 6) is -0.248. The fraction of sp³-hybridized carbons (Fsp3) is 0.312. The van der Waals surface area contributed by atoms with Crippen LogP contribution in [0.4, 0.5) is 0 Å². The van der Waals surface area contributed by atoms with Gasteiger partial charge in [0, 0.05) is 24.0 Å². The maximum atomic E-state index is 12.2. The van der Waals surface area contributed by atoms with Crippen LogP contribution in [-0.4, -0.2) is 17.1 Å². The highest BCUT2D eigenvalue weighted by Crippen LogP contribution is 2.32. The second kappa shape index (κ2) is 5.31. The predicted molar refractivity (Wildman–Crippen MR) is 76.3 cm³/mol. The molecule has 0 amide bonds. The fourth-order valence-electron chi connectivity index (χ4n) is 2.36. The predicted octanol–water partition coefficient (Wildman–Crippen LogP) is 3.49. The highest BCUT2D eigenvalue weighted by molar-refractivity contribution is 5.99. The van der Waals surface area contributed by atoms with Crippen molar-refractivity contribution in [2.45, 2.75) is 20.8 Å². The molecular formula is C16H19NO2. The molecule has 19 heavy (non-hydrogen) atoms. The number of benzene rings is 1. The van der Waals surface area contributed by atoms with E-state index in [0.29, 0.717) is 12.2 Å². The fourth-order valence-corrected chi connectivity index (χ4v) is 2.36. The average molecular weight is 257 g/mol. The minimum atomic E-state index is -0.248. The summed E-state index contributed by atoms with van der Waals surface area (Å²) < 4.78 is 7.22. The molecule has 0 fully saturated rings. The van der Waals surface area contributed by atoms with Crippen LogP contribution in [0, 0.1) is 13.8 Å². The summed E-state index contributed by atoms with van der Waals surface area (Å²) >= 11 is 0. The topological polar surface area (TPSA) is 31.2 Å². The molecule has 0 bridgehead atoms. The third-order valence-electron chi connectivity index (χ3n) is 3.52. The van der Waals surface area contributed by atoms with Gasteiger partial charge in [-0.2, -0.15) is 0 Å². The molecule has 0 N–H and O–H groups in total. The van der Waals surface area contributed by atoms with E-state index in [-0.39, 0.29) is 5.97 Å². The number of hydrogen-bond acceptors (Lipinski definition) is 2. The monoisotopic (exact) mass is 257 g/mol. The van der Waals surface area contributed by atoms with Crippen LogP contribution in [0.1, 0.15) is 28.7 Å². The van der Waals surface area contributed by atoms with E-state index in [1.807, 2.05) is 62.7 Å². The number of carbonyl (C=O) groups excluding carboxylic acids is 1. The van der Waals surface area contributed by atoms with Crippen molar-refractivity contribution in [3.05, 3.63) is 47.3 Å². The minimum absolute atomic E-state index is 0.248. The largest absolute Gasteiger partial charge is 0.462 e. The summed E-state index contributed by atoms with van der Waals surface area (Å²) in [6.45, 7) is 6.19. The summed E-state index contributed by atoms with van der Waals surface area (Å²) in [6.07, 6.45) is 0. The Bertz CT molecular complexity index is 597. The van der Waals surface area contributed by atoms with Crippen molar-refractivity contribution in [2.24, 2.45) is 7.05 Å². The van der Waals surface area contributed by atoms with Crippen LogP contribution in [0.5, 0.6) is 0 Å². The van der Waals surface area contributed by atoms with E-state index in [1.54, 1.807) is 0 Å². The number of nitrogens with zero attached hydrogens (tertiary/aromatic N) is 1. The molecule has 0 saturated heterocycles. The molecule has 3 heteroatoms. The molecule has 0 radical (unpaired) electrons. The Morgan fingerprint density at radius 3 is 2.37 bits per heavy atom. The van der Waals surface area contributed by atoms with Crippen molar-refractivity contribution < 1.29 is 9.53 Å². The molecular weight excluding hydrogens is 238 g/mol. The lowest BCUT2D eigenvalue weighted by Gasteiger charge is -2.06. The van der Waals surface area contributed by atoms with Crippen LogP contribution >= 0.6 is 0 Å². The van der Waals surface area contributed by atoms with E-state index in [0.717, 1.165) is 22.5 Å². The number of ether oxygens (including phenoxy) is 1. The lowest BCUT2D eigenvalue weighted by Crippen LogP contribution is -2.07. The lowest BCUT2D eigenvalue weighted by molar-refractivity contribution is 0.0526. The molecule has 0 spiro atoms. The van der Waals surface area contributed by atoms with Crippen LogP contribution < -0.4 is 0 Å². The van der Waals surface area contributed by atoms with Gasteiger partial charge in [-0.05, 0) is 26.3 Å². The third-order valence-corrected chi connectivity index (χ3v) is 3.52. The van der Waals surface area contributed by atoms with Gasteiger partial charge in [-0.25, -0.2) is 4.79 Å². The van der Waals surface area contributed by atoms with E-state index < -0.39 is 0 Å². The zero-order valence-electron chi connectivity index (χ0n) is 11.9. The smallest absolute Gasteiger partial charge is 0.340 e. The second-order valence-corrected chi connectivity index (χ2v) is 4.57. The van der Waals surface area contributed by atoms with E-state index in [4.69, 9.17) is 4.74 Å². The Labute approximate surface area is 113 Å². The van der Waals surface area contributed by atoms with Crippen LogP contribution in [0.25, 0.3) is 11.1 Å². The first-order valence-corrected chi connectivity index (χ1v) is 6.46. The maximum absolute atomic E-state index is 12.2. The molecule has 0 aliphatic rings. The Morgan fingerprint density at radius 1 is 1.16 bits per heavy atom. The Morgan fingerprint density at radius 2 is 1.79 bits per heavy atom. The van der Waals surface area contributed by atoms with Gasteiger partial charge in [-0.3, -0.25) is 0 Å². The Kier molecular flexibility index (Phi) is 3.74. The SMILES string of the molecule is CCOC(=O)c1c(-c2ccccc2)c(C)n(C)c1C. The highest BCUT2D eigenvalue weighted by Gasteiger charge is 2.23. The molecule has 1 heterocycles. The van der Waals surface area contributed by atoms with Gasteiger partial charge in [0.25, 0.3) is 0 Å². The van der Waals surface area contributed by atoms with Crippen molar-refractivity contribution in [1.82, 2.24) is 4.57 Å². The van der Waals surface area contributed by atoms with Crippen molar-refractivity contribution in [3.8, 4) is 11.1 Å². The normalized spacial score (nSPS) is 10.5. The summed E-state index contributed by atoms with van der Waals surface area (Å²) in [4.78, 5) is 12.2. The van der Waals surface area contributed by atoms with Gasteiger partial charge in [0.1, 0.15) is 0 Å². The first-order valence-electron chi connectivity index (χ1n) is 6.46. The number of hydrogen-bond donors (Lipinski definition) is 0. The zero-order valence-corrected chi connectivity index (χ0v) is 11.9. The van der Waals surface area contributed by atoms with Crippen LogP contribution in [0.3, 0.4) is 0 Å². The van der Waals surface area contributed by atoms with Crippen LogP contribution in [0.2, 0.25) is 0 Å². The van der Waals surface area contributed by atoms with Crippen molar-refractivity contribution in [3.63, 3.8) is 0 Å². The molecule has 3 nitrogen and oxygen atoms in total. The van der Waals surface area contributed by atoms with Gasteiger partial charge < -0.3 is 9.30 Å². The summed E-state index contributed by atoms with van der Waals surface area (Å²) in [5.41, 5.74) is 4.71. The molecule has 1 aromatic heterocycles. The minimum Gasteiger partial charge on any atom is -0.462 e. The number of carbonyl (C=O) groups is 1. The number of aromatic nitrogens is 1. The standard InChI is InChI=1S/C16H19NO2/c1-5-19-16(18)15-12(3)17(4)11(2)14(15)13-9-7-6-8-10-13/h6-10H,5H2,1-4H3. The third kappa shape index (κ3) is 2.28. The highest BCUT2D eigenvalue weighted by atomic mass is 16.5. The molecule has 0 atom stereocenters. The molecule has 0 unspecified atom stereocenters. The number of rotatable bonds is 3. The van der Waals surface area contributed by atoms with E-state index in [9.17, 15) is 4.79 Å². The molecule has 2 aromatic rings. The average Bonchev–Trinajstić information content (AvgIpc) is 2.64. The quantitative estimate of drug-likeness (QED) is 0.788. The lowest BCUT2D eigenvalue weighted by atomic mass is 10.0. The Hall–Kier alpha value is -2.03. The van der Waals surface area contributed by atoms with Gasteiger partial charge in [-0.1, -0.05) is 30.3 Å². The first-order chi connectivity index (χ1) is 9.07. The second-order valence-electron chi connectivity index (χ2n) is 4.57. The summed E-state index contributed by atoms with van der Waals surface area (Å²) in [5, 5.41) is 0. The zero-order chi connectivity index (χ0) is 14.0. The van der Waals surface area contributed by atoms with Crippen molar-refractivity contribution >= 4 is 5.97 Å². The van der Waals surface area contributed by atoms with Crippen molar-refractivity contribution in [1.29, 1.82) is 0 Å². The molecule has 2 rings (SSSR count). The van der Waals surface area contributed by atoms with E-state index >= 15 is 0 Å². The van der Waals surface area contributed by atoms with E-state index in [2.05, 4.69) is 0 Å². The van der Waals surface area contributed by atoms with Gasteiger partial charge in [-0.15, -0.1) is 0 Å². The maximum Gasteiger partial charge on any atom is 0.340 e. The van der Waals surface area contributed by atoms with Crippen molar-refractivity contribution in [2.75, 3.05) is 6.61 Å². The van der Waals surface area contributed by atoms with Crippen LogP contribution in [0.15, 0.2) is 30.3 Å². The van der Waals surface area contributed by atoms with Gasteiger partial charge in [0.2, 0.25) is 0 Å². The molecule has 0 aliphatic heterocycles. The first kappa shape index (κ1) is 13.4.